The minimum Gasteiger partial charge on any atom is -0.385 e. The van der Waals surface area contributed by atoms with E-state index in [4.69, 9.17) is 0 Å². The first-order valence-electron chi connectivity index (χ1n) is 7.86. The fourth-order valence-electron chi connectivity index (χ4n) is 2.41. The van der Waals surface area contributed by atoms with E-state index in [0.29, 0.717) is 0 Å². The molecule has 2 aromatic rings. The van der Waals surface area contributed by atoms with Crippen LogP contribution in [0.15, 0.2) is 36.4 Å². The first-order chi connectivity index (χ1) is 9.86. The highest BCUT2D eigenvalue weighted by molar-refractivity contribution is 6.01. The standard InChI is InChI=1S/C18H26N2/c1-3-5-13-19-17-11-12-18(20-14-6-4-2)16-10-8-7-9-15(16)17/h7-12,19-20H,3-6,13-14H2,1-2H3. The van der Waals surface area contributed by atoms with Crippen molar-refractivity contribution in [3.63, 3.8) is 0 Å². The third kappa shape index (κ3) is 3.66. The molecule has 0 radical (unpaired) electrons. The zero-order valence-corrected chi connectivity index (χ0v) is 12.7. The van der Waals surface area contributed by atoms with Gasteiger partial charge in [0.2, 0.25) is 0 Å². The summed E-state index contributed by atoms with van der Waals surface area (Å²) in [6.07, 6.45) is 4.87. The highest BCUT2D eigenvalue weighted by Gasteiger charge is 2.04. The smallest absolute Gasteiger partial charge is 0.0421 e. The Morgan fingerprint density at radius 1 is 0.700 bits per heavy atom. The minimum atomic E-state index is 1.04. The SMILES string of the molecule is CCCCNc1ccc(NCCCC)c2ccccc12. The lowest BCUT2D eigenvalue weighted by molar-refractivity contribution is 0.834. The molecule has 0 aliphatic heterocycles. The molecule has 0 atom stereocenters. The van der Waals surface area contributed by atoms with Gasteiger partial charge in [0, 0.05) is 35.2 Å². The number of rotatable bonds is 8. The molecule has 0 bridgehead atoms. The second-order valence-electron chi connectivity index (χ2n) is 5.27. The maximum Gasteiger partial charge on any atom is 0.0421 e. The fraction of sp³-hybridized carbons (Fsp3) is 0.444. The number of unbranched alkanes of at least 4 members (excludes halogenated alkanes) is 2. The lowest BCUT2D eigenvalue weighted by Crippen LogP contribution is -2.04. The summed E-state index contributed by atoms with van der Waals surface area (Å²) >= 11 is 0. The monoisotopic (exact) mass is 270 g/mol. The molecule has 2 N–H and O–H groups in total. The van der Waals surface area contributed by atoms with E-state index in [1.165, 1.54) is 47.8 Å². The van der Waals surface area contributed by atoms with Crippen molar-refractivity contribution in [3.05, 3.63) is 36.4 Å². The summed E-state index contributed by atoms with van der Waals surface area (Å²) < 4.78 is 0. The molecule has 0 aliphatic rings. The Kier molecular flexibility index (Phi) is 5.72. The highest BCUT2D eigenvalue weighted by atomic mass is 14.9. The molecule has 0 heterocycles. The van der Waals surface area contributed by atoms with Crippen molar-refractivity contribution in [2.45, 2.75) is 39.5 Å². The van der Waals surface area contributed by atoms with Crippen molar-refractivity contribution in [3.8, 4) is 0 Å². The largest absolute Gasteiger partial charge is 0.385 e. The summed E-state index contributed by atoms with van der Waals surface area (Å²) in [4.78, 5) is 0. The van der Waals surface area contributed by atoms with Gasteiger partial charge in [0.05, 0.1) is 0 Å². The average Bonchev–Trinajstić information content (AvgIpc) is 2.49. The maximum atomic E-state index is 3.56. The Hall–Kier alpha value is -1.70. The third-order valence-electron chi connectivity index (χ3n) is 3.62. The van der Waals surface area contributed by atoms with Crippen molar-refractivity contribution < 1.29 is 0 Å². The van der Waals surface area contributed by atoms with Gasteiger partial charge in [-0.15, -0.1) is 0 Å². The molecule has 108 valence electrons. The van der Waals surface area contributed by atoms with Crippen LogP contribution in [0.2, 0.25) is 0 Å². The normalized spacial score (nSPS) is 10.7. The summed E-state index contributed by atoms with van der Waals surface area (Å²) in [5, 5.41) is 9.73. The van der Waals surface area contributed by atoms with Gasteiger partial charge in [0.25, 0.3) is 0 Å². The zero-order chi connectivity index (χ0) is 14.2. The van der Waals surface area contributed by atoms with Crippen molar-refractivity contribution >= 4 is 22.1 Å². The summed E-state index contributed by atoms with van der Waals surface area (Å²) in [6.45, 7) is 6.54. The fourth-order valence-corrected chi connectivity index (χ4v) is 2.41. The first-order valence-corrected chi connectivity index (χ1v) is 7.86. The van der Waals surface area contributed by atoms with E-state index in [9.17, 15) is 0 Å². The second kappa shape index (κ2) is 7.78. The van der Waals surface area contributed by atoms with Gasteiger partial charge in [-0.3, -0.25) is 0 Å². The van der Waals surface area contributed by atoms with Gasteiger partial charge in [0.1, 0.15) is 0 Å². The number of fused-ring (bicyclic) bond motifs is 1. The Morgan fingerprint density at radius 2 is 1.15 bits per heavy atom. The average molecular weight is 270 g/mol. The molecular weight excluding hydrogens is 244 g/mol. The van der Waals surface area contributed by atoms with Crippen molar-refractivity contribution in [2.75, 3.05) is 23.7 Å². The maximum absolute atomic E-state index is 3.56. The number of hydrogen-bond donors (Lipinski definition) is 2. The van der Waals surface area contributed by atoms with E-state index in [0.717, 1.165) is 13.1 Å². The van der Waals surface area contributed by atoms with Crippen molar-refractivity contribution in [2.24, 2.45) is 0 Å². The number of anilines is 2. The quantitative estimate of drug-likeness (QED) is 0.639. The molecular formula is C18H26N2. The molecule has 2 aromatic carbocycles. The van der Waals surface area contributed by atoms with E-state index in [-0.39, 0.29) is 0 Å². The number of nitrogens with one attached hydrogen (secondary N) is 2. The van der Waals surface area contributed by atoms with E-state index < -0.39 is 0 Å². The molecule has 2 nitrogen and oxygen atoms in total. The molecule has 0 saturated heterocycles. The lowest BCUT2D eigenvalue weighted by Gasteiger charge is -2.14. The van der Waals surface area contributed by atoms with Gasteiger partial charge in [-0.05, 0) is 25.0 Å². The third-order valence-corrected chi connectivity index (χ3v) is 3.62. The van der Waals surface area contributed by atoms with Gasteiger partial charge in [0.15, 0.2) is 0 Å². The van der Waals surface area contributed by atoms with Crippen LogP contribution < -0.4 is 10.6 Å². The van der Waals surface area contributed by atoms with Crippen LogP contribution in [0.5, 0.6) is 0 Å². The Labute approximate surface area is 122 Å². The molecule has 0 aliphatic carbocycles. The van der Waals surface area contributed by atoms with Gasteiger partial charge in [-0.2, -0.15) is 0 Å². The van der Waals surface area contributed by atoms with Crippen LogP contribution in [-0.2, 0) is 0 Å². The van der Waals surface area contributed by atoms with Gasteiger partial charge in [-0.1, -0.05) is 51.0 Å². The van der Waals surface area contributed by atoms with Crippen LogP contribution in [0.25, 0.3) is 10.8 Å². The number of hydrogen-bond acceptors (Lipinski definition) is 2. The van der Waals surface area contributed by atoms with Gasteiger partial charge >= 0.3 is 0 Å². The van der Waals surface area contributed by atoms with Crippen LogP contribution in [0, 0.1) is 0 Å². The first kappa shape index (κ1) is 14.7. The minimum absolute atomic E-state index is 1.04. The van der Waals surface area contributed by atoms with E-state index in [1.807, 2.05) is 0 Å². The zero-order valence-electron chi connectivity index (χ0n) is 12.7. The molecule has 0 saturated carbocycles. The molecule has 2 heteroatoms. The van der Waals surface area contributed by atoms with Crippen LogP contribution in [0.3, 0.4) is 0 Å². The molecule has 0 spiro atoms. The van der Waals surface area contributed by atoms with E-state index in [1.54, 1.807) is 0 Å². The Bertz CT molecular complexity index is 485. The predicted molar refractivity (Wildman–Crippen MR) is 90.7 cm³/mol. The van der Waals surface area contributed by atoms with Crippen molar-refractivity contribution in [1.82, 2.24) is 0 Å². The molecule has 0 fully saturated rings. The molecule has 0 amide bonds. The molecule has 0 unspecified atom stereocenters. The van der Waals surface area contributed by atoms with Crippen LogP contribution in [0.4, 0.5) is 11.4 Å². The highest BCUT2D eigenvalue weighted by Crippen LogP contribution is 2.30. The Balaban J connectivity index is 2.22. The van der Waals surface area contributed by atoms with Crippen LogP contribution in [-0.4, -0.2) is 13.1 Å². The summed E-state index contributed by atoms with van der Waals surface area (Å²) in [6, 6.07) is 13.0. The number of benzene rings is 2. The van der Waals surface area contributed by atoms with E-state index in [2.05, 4.69) is 60.9 Å². The van der Waals surface area contributed by atoms with Crippen molar-refractivity contribution in [1.29, 1.82) is 0 Å². The molecule has 20 heavy (non-hydrogen) atoms. The summed E-state index contributed by atoms with van der Waals surface area (Å²) in [5.41, 5.74) is 2.49. The predicted octanol–water partition coefficient (Wildman–Crippen LogP) is 5.26. The van der Waals surface area contributed by atoms with Crippen LogP contribution in [0.1, 0.15) is 39.5 Å². The molecule has 2 rings (SSSR count). The van der Waals surface area contributed by atoms with Crippen LogP contribution >= 0.6 is 0 Å². The Morgan fingerprint density at radius 3 is 1.55 bits per heavy atom. The van der Waals surface area contributed by atoms with E-state index >= 15 is 0 Å². The lowest BCUT2D eigenvalue weighted by atomic mass is 10.1. The summed E-state index contributed by atoms with van der Waals surface area (Å²) in [5.74, 6) is 0. The molecule has 0 aromatic heterocycles. The topological polar surface area (TPSA) is 24.1 Å². The second-order valence-corrected chi connectivity index (χ2v) is 5.27. The summed E-state index contributed by atoms with van der Waals surface area (Å²) in [7, 11) is 0. The van der Waals surface area contributed by atoms with Gasteiger partial charge in [-0.25, -0.2) is 0 Å². The van der Waals surface area contributed by atoms with Gasteiger partial charge < -0.3 is 10.6 Å².